The molecule has 0 aliphatic carbocycles. The Morgan fingerprint density at radius 2 is 2.00 bits per heavy atom. The average Bonchev–Trinajstić information content (AvgIpc) is 2.35. The number of likely N-dealkylation sites (N-methyl/N-ethyl adjacent to an activating group) is 2. The van der Waals surface area contributed by atoms with Gasteiger partial charge in [-0.2, -0.15) is 0 Å². The fraction of sp³-hybridized carbons (Fsp3) is 1.00. The van der Waals surface area contributed by atoms with Gasteiger partial charge < -0.3 is 5.32 Å². The van der Waals surface area contributed by atoms with E-state index in [1.54, 1.807) is 0 Å². The number of piperazine rings is 1. The largest absolute Gasteiger partial charge is 0.315 e. The summed E-state index contributed by atoms with van der Waals surface area (Å²) < 4.78 is 0. The van der Waals surface area contributed by atoms with Crippen molar-refractivity contribution in [3.8, 4) is 0 Å². The quantitative estimate of drug-likeness (QED) is 0.763. The molecule has 3 unspecified atom stereocenters. The maximum absolute atomic E-state index is 3.48. The number of hydrogen-bond acceptors (Lipinski definition) is 3. The number of nitrogens with one attached hydrogen (secondary N) is 1. The van der Waals surface area contributed by atoms with E-state index >= 15 is 0 Å². The first-order valence-corrected chi connectivity index (χ1v) is 7.26. The van der Waals surface area contributed by atoms with Gasteiger partial charge in [0.15, 0.2) is 0 Å². The van der Waals surface area contributed by atoms with Crippen molar-refractivity contribution >= 4 is 0 Å². The Hall–Kier alpha value is -0.120. The zero-order valence-corrected chi connectivity index (χ0v) is 12.4. The minimum absolute atomic E-state index is 0.639. The molecule has 1 fully saturated rings. The number of nitrogens with zero attached hydrogens (tertiary/aromatic N) is 2. The van der Waals surface area contributed by atoms with Crippen LogP contribution in [0.15, 0.2) is 0 Å². The Kier molecular flexibility index (Phi) is 6.45. The molecular formula is C14H31N3. The van der Waals surface area contributed by atoms with Gasteiger partial charge in [0.1, 0.15) is 0 Å². The lowest BCUT2D eigenvalue weighted by molar-refractivity contribution is 0.0767. The van der Waals surface area contributed by atoms with Gasteiger partial charge in [-0.05, 0) is 26.4 Å². The first-order chi connectivity index (χ1) is 8.12. The van der Waals surface area contributed by atoms with E-state index in [0.717, 1.165) is 5.92 Å². The SMILES string of the molecule is CCC(C)C(CN1CCN(CC)C(C)C1)NC. The lowest BCUT2D eigenvalue weighted by atomic mass is 9.98. The predicted molar refractivity (Wildman–Crippen MR) is 75.5 cm³/mol. The van der Waals surface area contributed by atoms with E-state index < -0.39 is 0 Å². The first kappa shape index (κ1) is 14.9. The van der Waals surface area contributed by atoms with Gasteiger partial charge >= 0.3 is 0 Å². The Balaban J connectivity index is 2.42. The summed E-state index contributed by atoms with van der Waals surface area (Å²) >= 11 is 0. The van der Waals surface area contributed by atoms with Gasteiger partial charge in [0.05, 0.1) is 0 Å². The molecule has 3 nitrogen and oxygen atoms in total. The fourth-order valence-corrected chi connectivity index (χ4v) is 2.82. The van der Waals surface area contributed by atoms with Crippen LogP contribution in [-0.2, 0) is 0 Å². The molecule has 0 aromatic heterocycles. The van der Waals surface area contributed by atoms with E-state index in [-0.39, 0.29) is 0 Å². The maximum Gasteiger partial charge on any atom is 0.0217 e. The van der Waals surface area contributed by atoms with Crippen LogP contribution in [0.2, 0.25) is 0 Å². The molecule has 0 amide bonds. The highest BCUT2D eigenvalue weighted by molar-refractivity contribution is 4.82. The van der Waals surface area contributed by atoms with Crippen LogP contribution in [0, 0.1) is 5.92 Å². The number of rotatable bonds is 6. The minimum atomic E-state index is 0.639. The normalized spacial score (nSPS) is 27.0. The molecule has 0 spiro atoms. The molecule has 0 bridgehead atoms. The van der Waals surface area contributed by atoms with E-state index in [1.165, 1.54) is 39.1 Å². The third-order valence-corrected chi connectivity index (χ3v) is 4.41. The molecule has 1 N–H and O–H groups in total. The molecule has 1 saturated heterocycles. The Labute approximate surface area is 108 Å². The lowest BCUT2D eigenvalue weighted by Crippen LogP contribution is -2.55. The van der Waals surface area contributed by atoms with Crippen molar-refractivity contribution in [3.05, 3.63) is 0 Å². The van der Waals surface area contributed by atoms with Crippen LogP contribution < -0.4 is 5.32 Å². The Morgan fingerprint density at radius 3 is 2.47 bits per heavy atom. The summed E-state index contributed by atoms with van der Waals surface area (Å²) in [6, 6.07) is 1.35. The lowest BCUT2D eigenvalue weighted by Gasteiger charge is -2.41. The van der Waals surface area contributed by atoms with Gasteiger partial charge in [0.2, 0.25) is 0 Å². The average molecular weight is 241 g/mol. The number of hydrogen-bond donors (Lipinski definition) is 1. The summed E-state index contributed by atoms with van der Waals surface area (Å²) in [5.74, 6) is 0.763. The van der Waals surface area contributed by atoms with Gasteiger partial charge in [0, 0.05) is 38.3 Å². The second kappa shape index (κ2) is 7.34. The molecular weight excluding hydrogens is 210 g/mol. The molecule has 1 aliphatic rings. The van der Waals surface area contributed by atoms with Crippen LogP contribution in [-0.4, -0.2) is 61.7 Å². The van der Waals surface area contributed by atoms with Gasteiger partial charge in [-0.3, -0.25) is 9.80 Å². The molecule has 3 heteroatoms. The van der Waals surface area contributed by atoms with Crippen molar-refractivity contribution < 1.29 is 0 Å². The molecule has 102 valence electrons. The predicted octanol–water partition coefficient (Wildman–Crippen LogP) is 1.65. The van der Waals surface area contributed by atoms with Gasteiger partial charge in [0.25, 0.3) is 0 Å². The highest BCUT2D eigenvalue weighted by Crippen LogP contribution is 2.13. The van der Waals surface area contributed by atoms with Crippen molar-refractivity contribution in [1.82, 2.24) is 15.1 Å². The van der Waals surface area contributed by atoms with Crippen LogP contribution in [0.4, 0.5) is 0 Å². The van der Waals surface area contributed by atoms with E-state index in [2.05, 4.69) is 49.9 Å². The summed E-state index contributed by atoms with van der Waals surface area (Å²) in [4.78, 5) is 5.21. The van der Waals surface area contributed by atoms with Crippen LogP contribution in [0.1, 0.15) is 34.1 Å². The highest BCUT2D eigenvalue weighted by Gasteiger charge is 2.25. The van der Waals surface area contributed by atoms with E-state index in [9.17, 15) is 0 Å². The van der Waals surface area contributed by atoms with Crippen molar-refractivity contribution in [2.24, 2.45) is 5.92 Å². The summed E-state index contributed by atoms with van der Waals surface area (Å²) in [5.41, 5.74) is 0. The molecule has 0 aromatic rings. The van der Waals surface area contributed by atoms with Crippen molar-refractivity contribution in [1.29, 1.82) is 0 Å². The second-order valence-corrected chi connectivity index (χ2v) is 5.52. The van der Waals surface area contributed by atoms with Crippen LogP contribution in [0.3, 0.4) is 0 Å². The van der Waals surface area contributed by atoms with Gasteiger partial charge in [-0.1, -0.05) is 27.2 Å². The van der Waals surface area contributed by atoms with Crippen LogP contribution >= 0.6 is 0 Å². The first-order valence-electron chi connectivity index (χ1n) is 7.26. The van der Waals surface area contributed by atoms with Crippen LogP contribution in [0.5, 0.6) is 0 Å². The summed E-state index contributed by atoms with van der Waals surface area (Å²) in [7, 11) is 2.10. The molecule has 0 aromatic carbocycles. The Bertz CT molecular complexity index is 208. The fourth-order valence-electron chi connectivity index (χ4n) is 2.82. The summed E-state index contributed by atoms with van der Waals surface area (Å²) in [6.07, 6.45) is 1.26. The van der Waals surface area contributed by atoms with Crippen molar-refractivity contribution in [2.45, 2.75) is 46.2 Å². The smallest absolute Gasteiger partial charge is 0.0217 e. The van der Waals surface area contributed by atoms with E-state index in [0.29, 0.717) is 12.1 Å². The highest BCUT2D eigenvalue weighted by atomic mass is 15.3. The zero-order valence-electron chi connectivity index (χ0n) is 12.4. The van der Waals surface area contributed by atoms with E-state index in [4.69, 9.17) is 0 Å². The Morgan fingerprint density at radius 1 is 1.29 bits per heavy atom. The summed E-state index contributed by atoms with van der Waals surface area (Å²) in [6.45, 7) is 15.3. The van der Waals surface area contributed by atoms with Crippen molar-refractivity contribution in [3.63, 3.8) is 0 Å². The summed E-state index contributed by atoms with van der Waals surface area (Å²) in [5, 5.41) is 3.48. The second-order valence-electron chi connectivity index (χ2n) is 5.52. The van der Waals surface area contributed by atoms with Gasteiger partial charge in [-0.25, -0.2) is 0 Å². The third-order valence-electron chi connectivity index (χ3n) is 4.41. The van der Waals surface area contributed by atoms with Gasteiger partial charge in [-0.15, -0.1) is 0 Å². The molecule has 0 radical (unpaired) electrons. The molecule has 1 heterocycles. The molecule has 1 aliphatic heterocycles. The standard InChI is InChI=1S/C14H31N3/c1-6-12(3)14(15-5)11-16-8-9-17(7-2)13(4)10-16/h12-15H,6-11H2,1-5H3. The van der Waals surface area contributed by atoms with E-state index in [1.807, 2.05) is 0 Å². The minimum Gasteiger partial charge on any atom is -0.315 e. The topological polar surface area (TPSA) is 18.5 Å². The molecule has 1 rings (SSSR count). The van der Waals surface area contributed by atoms with Crippen molar-refractivity contribution in [2.75, 3.05) is 39.8 Å². The van der Waals surface area contributed by atoms with Crippen LogP contribution in [0.25, 0.3) is 0 Å². The third kappa shape index (κ3) is 4.23. The molecule has 3 atom stereocenters. The molecule has 0 saturated carbocycles. The molecule has 17 heavy (non-hydrogen) atoms. The zero-order chi connectivity index (χ0) is 12.8. The maximum atomic E-state index is 3.48. The monoisotopic (exact) mass is 241 g/mol.